The van der Waals surface area contributed by atoms with Gasteiger partial charge in [-0.25, -0.2) is 4.39 Å². The zero-order valence-corrected chi connectivity index (χ0v) is 22.1. The monoisotopic (exact) mass is 566 g/mol. The first-order valence-corrected chi connectivity index (χ1v) is 13.1. The van der Waals surface area contributed by atoms with Gasteiger partial charge in [0.15, 0.2) is 0 Å². The van der Waals surface area contributed by atoms with Crippen LogP contribution in [0.4, 0.5) is 34.9 Å². The van der Waals surface area contributed by atoms with E-state index in [2.05, 4.69) is 20.7 Å². The van der Waals surface area contributed by atoms with E-state index in [9.17, 15) is 27.2 Å². The van der Waals surface area contributed by atoms with Crippen LogP contribution in [-0.2, 0) is 28.7 Å². The molecule has 1 aromatic carbocycles. The third-order valence-corrected chi connectivity index (χ3v) is 7.07. The summed E-state index contributed by atoms with van der Waals surface area (Å²) in [5, 5.41) is 10.3. The van der Waals surface area contributed by atoms with Crippen molar-refractivity contribution in [3.8, 4) is 0 Å². The Bertz CT molecular complexity index is 1470. The first-order valence-electron chi connectivity index (χ1n) is 13.1. The third kappa shape index (κ3) is 5.35. The molecule has 1 amide bonds. The summed E-state index contributed by atoms with van der Waals surface area (Å²) in [5.41, 5.74) is -0.786. The van der Waals surface area contributed by atoms with Crippen molar-refractivity contribution in [3.63, 3.8) is 0 Å². The smallest absolute Gasteiger partial charge is 0.378 e. The number of hydrogen-bond donors (Lipinski definition) is 2. The van der Waals surface area contributed by atoms with Gasteiger partial charge in [-0.2, -0.15) is 22.7 Å². The number of benzene rings is 1. The Kier molecular flexibility index (Phi) is 7.68. The van der Waals surface area contributed by atoms with Gasteiger partial charge in [0.05, 0.1) is 24.5 Å². The van der Waals surface area contributed by atoms with Crippen LogP contribution in [0.25, 0.3) is 5.78 Å². The highest BCUT2D eigenvalue weighted by atomic mass is 19.4. The number of carbonyl (C=O) groups is 1. The van der Waals surface area contributed by atoms with Crippen molar-refractivity contribution in [2.24, 2.45) is 0 Å². The van der Waals surface area contributed by atoms with Crippen LogP contribution in [0.3, 0.4) is 0 Å². The lowest BCUT2D eigenvalue weighted by Gasteiger charge is -2.31. The largest absolute Gasteiger partial charge is 0.419 e. The minimum absolute atomic E-state index is 0.0569. The quantitative estimate of drug-likeness (QED) is 0.435. The maximum Gasteiger partial charge on any atom is 0.419 e. The van der Waals surface area contributed by atoms with Gasteiger partial charge in [0, 0.05) is 45.0 Å². The highest BCUT2D eigenvalue weighted by Gasteiger charge is 2.35. The van der Waals surface area contributed by atoms with Gasteiger partial charge in [0.25, 0.3) is 5.56 Å². The Hall–Kier alpha value is -3.72. The predicted molar refractivity (Wildman–Crippen MR) is 140 cm³/mol. The second-order valence-corrected chi connectivity index (χ2v) is 9.69. The number of nitrogens with one attached hydrogen (secondary N) is 2. The van der Waals surface area contributed by atoms with E-state index in [1.807, 2.05) is 16.7 Å². The average Bonchev–Trinajstić information content (AvgIpc) is 3.38. The second kappa shape index (κ2) is 11.0. The van der Waals surface area contributed by atoms with Crippen molar-refractivity contribution in [1.29, 1.82) is 0 Å². The van der Waals surface area contributed by atoms with Crippen LogP contribution in [0.15, 0.2) is 16.9 Å². The number of aromatic nitrogens is 4. The van der Waals surface area contributed by atoms with Crippen molar-refractivity contribution in [2.45, 2.75) is 33.0 Å². The molecule has 2 aliphatic rings. The molecule has 15 heteroatoms. The molecule has 3 aromatic rings. The molecule has 0 atom stereocenters. The minimum atomic E-state index is -4.86. The Balaban J connectivity index is 1.56. The molecule has 0 unspecified atom stereocenters. The summed E-state index contributed by atoms with van der Waals surface area (Å²) in [4.78, 5) is 35.5. The fourth-order valence-corrected chi connectivity index (χ4v) is 5.07. The van der Waals surface area contributed by atoms with Crippen LogP contribution in [0, 0.1) is 12.7 Å². The van der Waals surface area contributed by atoms with E-state index < -0.39 is 23.5 Å². The number of nitrogens with zero attached hydrogens (tertiary/aromatic N) is 6. The van der Waals surface area contributed by atoms with E-state index in [-0.39, 0.29) is 29.1 Å². The molecular formula is C25H30F4N8O3. The Morgan fingerprint density at radius 2 is 1.82 bits per heavy atom. The summed E-state index contributed by atoms with van der Waals surface area (Å²) >= 11 is 0. The molecule has 0 spiro atoms. The summed E-state index contributed by atoms with van der Waals surface area (Å²) in [5.74, 6) is -1.62. The van der Waals surface area contributed by atoms with Gasteiger partial charge in [0.1, 0.15) is 18.0 Å². The minimum Gasteiger partial charge on any atom is -0.378 e. The van der Waals surface area contributed by atoms with Crippen LogP contribution >= 0.6 is 0 Å². The van der Waals surface area contributed by atoms with Gasteiger partial charge >= 0.3 is 6.18 Å². The molecule has 0 saturated carbocycles. The molecule has 5 rings (SSSR count). The molecule has 2 saturated heterocycles. The first kappa shape index (κ1) is 27.8. The van der Waals surface area contributed by atoms with Gasteiger partial charge in [0.2, 0.25) is 17.6 Å². The molecule has 40 heavy (non-hydrogen) atoms. The summed E-state index contributed by atoms with van der Waals surface area (Å²) in [7, 11) is 0. The van der Waals surface area contributed by atoms with E-state index in [0.29, 0.717) is 88.4 Å². The number of fused-ring (bicyclic) bond motifs is 1. The number of anilines is 3. The summed E-state index contributed by atoms with van der Waals surface area (Å²) < 4.78 is 61.8. The lowest BCUT2D eigenvalue weighted by Crippen LogP contribution is -2.47. The molecule has 2 aliphatic heterocycles. The molecular weight excluding hydrogens is 536 g/mol. The molecule has 2 aromatic heterocycles. The maximum atomic E-state index is 14.3. The summed E-state index contributed by atoms with van der Waals surface area (Å²) in [6.45, 7) is 7.45. The van der Waals surface area contributed by atoms with Crippen LogP contribution in [0.5, 0.6) is 0 Å². The van der Waals surface area contributed by atoms with Crippen molar-refractivity contribution >= 4 is 29.0 Å². The Morgan fingerprint density at radius 1 is 1.12 bits per heavy atom. The highest BCUT2D eigenvalue weighted by molar-refractivity contribution is 5.91. The molecule has 0 radical (unpaired) electrons. The number of aryl methyl sites for hydroxylation is 1. The van der Waals surface area contributed by atoms with Crippen molar-refractivity contribution in [1.82, 2.24) is 24.5 Å². The molecule has 0 aliphatic carbocycles. The average molecular weight is 567 g/mol. The van der Waals surface area contributed by atoms with Gasteiger partial charge in [-0.1, -0.05) is 6.92 Å². The Morgan fingerprint density at radius 3 is 2.48 bits per heavy atom. The number of carbonyl (C=O) groups excluding carboxylic acids is 1. The molecule has 2 N–H and O–H groups in total. The predicted octanol–water partition coefficient (Wildman–Crippen LogP) is 1.80. The molecule has 2 fully saturated rings. The Labute approximate surface area is 226 Å². The first-order chi connectivity index (χ1) is 19.1. The number of amides is 1. The van der Waals surface area contributed by atoms with Crippen LogP contribution < -0.4 is 26.0 Å². The van der Waals surface area contributed by atoms with Crippen molar-refractivity contribution < 1.29 is 27.1 Å². The lowest BCUT2D eigenvalue weighted by atomic mass is 10.1. The van der Waals surface area contributed by atoms with Gasteiger partial charge < -0.3 is 29.7 Å². The second-order valence-electron chi connectivity index (χ2n) is 9.69. The molecule has 11 nitrogen and oxygen atoms in total. The zero-order chi connectivity index (χ0) is 28.6. The van der Waals surface area contributed by atoms with E-state index in [1.165, 1.54) is 11.4 Å². The van der Waals surface area contributed by atoms with E-state index in [0.717, 1.165) is 0 Å². The number of alkyl halides is 3. The fourth-order valence-electron chi connectivity index (χ4n) is 5.07. The van der Waals surface area contributed by atoms with Crippen LogP contribution in [0.2, 0.25) is 0 Å². The lowest BCUT2D eigenvalue weighted by molar-refractivity contribution is -0.140. The normalized spacial score (nSPS) is 16.6. The van der Waals surface area contributed by atoms with Crippen LogP contribution in [-0.4, -0.2) is 77.6 Å². The maximum absolute atomic E-state index is 14.3. The van der Waals surface area contributed by atoms with E-state index >= 15 is 0 Å². The van der Waals surface area contributed by atoms with E-state index in [4.69, 9.17) is 4.74 Å². The fraction of sp³-hybridized carbons (Fsp3) is 0.520. The summed E-state index contributed by atoms with van der Waals surface area (Å²) in [6.07, 6.45) is -4.47. The topological polar surface area (TPSA) is 109 Å². The number of halogens is 4. The SMILES string of the molecule is CCc1c(N2CCNCC2)c(=O)n2nc(N3CCOCC3)nc2n1CC(=O)Nc1cc(F)c(C(F)(F)F)cc1C. The molecule has 216 valence electrons. The standard InChI is InChI=1S/C25H30F4N8O3/c1-3-19-21(34-6-4-30-5-7-34)22(39)37-24(32-23(33-37)35-8-10-40-11-9-35)36(19)14-20(38)31-18-13-17(26)16(12-15(18)2)25(27,28)29/h12-13,30H,3-11,14H2,1-2H3,(H,31,38). The summed E-state index contributed by atoms with van der Waals surface area (Å²) in [6, 6.07) is 1.33. The number of morpholine rings is 1. The van der Waals surface area contributed by atoms with Gasteiger partial charge in [-0.3, -0.25) is 9.59 Å². The number of hydrogen-bond acceptors (Lipinski definition) is 8. The van der Waals surface area contributed by atoms with Crippen molar-refractivity contribution in [2.75, 3.05) is 67.6 Å². The molecule has 4 heterocycles. The third-order valence-electron chi connectivity index (χ3n) is 7.07. The highest BCUT2D eigenvalue weighted by Crippen LogP contribution is 2.34. The number of rotatable bonds is 6. The number of ether oxygens (including phenoxy) is 1. The number of piperazine rings is 1. The zero-order valence-electron chi connectivity index (χ0n) is 22.1. The van der Waals surface area contributed by atoms with Gasteiger partial charge in [-0.15, -0.1) is 5.10 Å². The van der Waals surface area contributed by atoms with E-state index in [1.54, 1.807) is 4.57 Å². The van der Waals surface area contributed by atoms with Crippen molar-refractivity contribution in [3.05, 3.63) is 45.1 Å². The van der Waals surface area contributed by atoms with Gasteiger partial charge in [-0.05, 0) is 31.0 Å². The van der Waals surface area contributed by atoms with Crippen LogP contribution in [0.1, 0.15) is 23.7 Å². The molecule has 0 bridgehead atoms.